The Kier molecular flexibility index (Phi) is 6.75. The summed E-state index contributed by atoms with van der Waals surface area (Å²) in [5, 5.41) is 2.43. The molecule has 0 saturated carbocycles. The average molecular weight is 473 g/mol. The van der Waals surface area contributed by atoms with E-state index in [1.807, 2.05) is 74.9 Å². The molecule has 8 heteroatoms. The lowest BCUT2D eigenvalue weighted by atomic mass is 9.92. The molecule has 0 bridgehead atoms. The quantitative estimate of drug-likeness (QED) is 0.405. The van der Waals surface area contributed by atoms with Crippen LogP contribution in [0.3, 0.4) is 0 Å². The van der Waals surface area contributed by atoms with Crippen LogP contribution >= 0.6 is 0 Å². The number of nitrogen functional groups attached to an aromatic ring is 1. The number of rotatable bonds is 8. The normalized spacial score (nSPS) is 11.7. The molecule has 0 aliphatic carbocycles. The molecule has 2 heterocycles. The van der Waals surface area contributed by atoms with E-state index in [2.05, 4.69) is 28.7 Å². The molecule has 0 spiro atoms. The highest BCUT2D eigenvalue weighted by Crippen LogP contribution is 2.34. The van der Waals surface area contributed by atoms with Gasteiger partial charge in [0.25, 0.3) is 0 Å². The van der Waals surface area contributed by atoms with Gasteiger partial charge in [-0.3, -0.25) is 4.79 Å². The van der Waals surface area contributed by atoms with Gasteiger partial charge in [-0.05, 0) is 49.3 Å². The molecule has 0 saturated heterocycles. The number of para-hydroxylation sites is 1. The number of benzene rings is 2. The summed E-state index contributed by atoms with van der Waals surface area (Å²) in [4.78, 5) is 23.6. The minimum atomic E-state index is -0.152. The fraction of sp³-hybridized carbons (Fsp3) is 0.296. The second-order valence-corrected chi connectivity index (χ2v) is 9.76. The van der Waals surface area contributed by atoms with Crippen LogP contribution in [0.5, 0.6) is 11.5 Å². The van der Waals surface area contributed by atoms with Gasteiger partial charge in [0, 0.05) is 31.8 Å². The van der Waals surface area contributed by atoms with E-state index < -0.39 is 0 Å². The predicted molar refractivity (Wildman–Crippen MR) is 140 cm³/mol. The van der Waals surface area contributed by atoms with Crippen molar-refractivity contribution in [3.05, 3.63) is 67.1 Å². The second-order valence-electron chi connectivity index (χ2n) is 9.76. The molecule has 0 unspecified atom stereocenters. The van der Waals surface area contributed by atoms with E-state index in [0.29, 0.717) is 23.4 Å². The van der Waals surface area contributed by atoms with Crippen LogP contribution in [0.2, 0.25) is 0 Å². The fourth-order valence-electron chi connectivity index (χ4n) is 4.45. The Balaban J connectivity index is 1.74. The Morgan fingerprint density at radius 2 is 1.66 bits per heavy atom. The van der Waals surface area contributed by atoms with Gasteiger partial charge < -0.3 is 15.4 Å². The Bertz CT molecular complexity index is 1310. The molecule has 2 aromatic heterocycles. The first-order chi connectivity index (χ1) is 16.6. The zero-order valence-corrected chi connectivity index (χ0v) is 20.9. The van der Waals surface area contributed by atoms with Crippen LogP contribution in [0.4, 0.5) is 5.82 Å². The molecule has 0 aliphatic heterocycles. The van der Waals surface area contributed by atoms with Crippen molar-refractivity contribution in [1.82, 2.24) is 19.5 Å². The smallest absolute Gasteiger partial charge is 0.238 e. The third-order valence-corrected chi connectivity index (χ3v) is 5.68. The van der Waals surface area contributed by atoms with Gasteiger partial charge >= 0.3 is 0 Å². The number of hydrogen-bond acceptors (Lipinski definition) is 6. The first-order valence-corrected chi connectivity index (χ1v) is 11.5. The molecule has 35 heavy (non-hydrogen) atoms. The van der Waals surface area contributed by atoms with E-state index in [9.17, 15) is 4.79 Å². The van der Waals surface area contributed by atoms with Gasteiger partial charge in [-0.1, -0.05) is 44.2 Å². The standard InChI is InChI=1S/C27H32N6O2/c1-19(34)33(17-27(2,3)16-31(4)5)32-15-23(24-25(28)29-18-30-26(24)32)20-11-13-22(14-12-20)35-21-9-7-6-8-10-21/h6-15,18H,16-17H2,1-5H3,(H2,28,29,30). The summed E-state index contributed by atoms with van der Waals surface area (Å²) < 4.78 is 7.73. The molecule has 2 N–H and O–H groups in total. The van der Waals surface area contributed by atoms with Crippen LogP contribution in [0.25, 0.3) is 22.2 Å². The first-order valence-electron chi connectivity index (χ1n) is 11.5. The Morgan fingerprint density at radius 1 is 1.00 bits per heavy atom. The topological polar surface area (TPSA) is 89.5 Å². The van der Waals surface area contributed by atoms with Crippen molar-refractivity contribution in [1.29, 1.82) is 0 Å². The molecular formula is C27H32N6O2. The lowest BCUT2D eigenvalue weighted by Gasteiger charge is -2.34. The van der Waals surface area contributed by atoms with Crippen LogP contribution in [0.1, 0.15) is 20.8 Å². The summed E-state index contributed by atoms with van der Waals surface area (Å²) >= 11 is 0. The van der Waals surface area contributed by atoms with E-state index in [-0.39, 0.29) is 11.3 Å². The van der Waals surface area contributed by atoms with Crippen LogP contribution < -0.4 is 15.5 Å². The highest BCUT2D eigenvalue weighted by molar-refractivity contribution is 6.01. The number of hydrogen-bond donors (Lipinski definition) is 1. The Morgan fingerprint density at radius 3 is 2.29 bits per heavy atom. The summed E-state index contributed by atoms with van der Waals surface area (Å²) in [5.41, 5.74) is 8.52. The van der Waals surface area contributed by atoms with Crippen molar-refractivity contribution in [2.75, 3.05) is 37.9 Å². The molecule has 0 fully saturated rings. The fourth-order valence-corrected chi connectivity index (χ4v) is 4.45. The molecule has 182 valence electrons. The molecule has 4 aromatic rings. The number of ether oxygens (including phenoxy) is 1. The third kappa shape index (κ3) is 5.44. The summed E-state index contributed by atoms with van der Waals surface area (Å²) in [6.45, 7) is 7.19. The molecule has 8 nitrogen and oxygen atoms in total. The summed E-state index contributed by atoms with van der Waals surface area (Å²) in [7, 11) is 4.06. The lowest BCUT2D eigenvalue weighted by molar-refractivity contribution is -0.118. The van der Waals surface area contributed by atoms with Gasteiger partial charge in [-0.2, -0.15) is 0 Å². The number of carbonyl (C=O) groups is 1. The van der Waals surface area contributed by atoms with Crippen LogP contribution in [0, 0.1) is 5.41 Å². The average Bonchev–Trinajstić information content (AvgIpc) is 3.18. The highest BCUT2D eigenvalue weighted by atomic mass is 16.5. The van der Waals surface area contributed by atoms with Crippen LogP contribution in [0.15, 0.2) is 67.1 Å². The monoisotopic (exact) mass is 472 g/mol. The molecule has 0 aliphatic rings. The van der Waals surface area contributed by atoms with E-state index in [1.165, 1.54) is 6.33 Å². The van der Waals surface area contributed by atoms with Crippen molar-refractivity contribution in [2.24, 2.45) is 5.41 Å². The van der Waals surface area contributed by atoms with Gasteiger partial charge in [0.15, 0.2) is 5.65 Å². The van der Waals surface area contributed by atoms with Crippen LogP contribution in [-0.2, 0) is 4.79 Å². The van der Waals surface area contributed by atoms with Gasteiger partial charge in [-0.25, -0.2) is 19.7 Å². The molecule has 2 aromatic carbocycles. The summed E-state index contributed by atoms with van der Waals surface area (Å²) in [6.07, 6.45) is 3.34. The minimum Gasteiger partial charge on any atom is -0.457 e. The zero-order chi connectivity index (χ0) is 25.2. The summed E-state index contributed by atoms with van der Waals surface area (Å²) in [6, 6.07) is 17.4. The number of amides is 1. The van der Waals surface area contributed by atoms with E-state index in [4.69, 9.17) is 10.5 Å². The van der Waals surface area contributed by atoms with Crippen molar-refractivity contribution < 1.29 is 9.53 Å². The van der Waals surface area contributed by atoms with Gasteiger partial charge in [0.2, 0.25) is 5.91 Å². The number of nitrogens with two attached hydrogens (primary N) is 1. The number of carbonyl (C=O) groups excluding carboxylic acids is 1. The number of nitrogens with zero attached hydrogens (tertiary/aromatic N) is 5. The van der Waals surface area contributed by atoms with Gasteiger partial charge in [-0.15, -0.1) is 0 Å². The molecule has 0 atom stereocenters. The molecule has 4 rings (SSSR count). The number of aromatic nitrogens is 3. The number of anilines is 1. The minimum absolute atomic E-state index is 0.0796. The second kappa shape index (κ2) is 9.76. The van der Waals surface area contributed by atoms with Crippen molar-refractivity contribution in [3.63, 3.8) is 0 Å². The largest absolute Gasteiger partial charge is 0.457 e. The SMILES string of the molecule is CC(=O)N(CC(C)(C)CN(C)C)n1cc(-c2ccc(Oc3ccccc3)cc2)c2c(N)ncnc21. The molecular weight excluding hydrogens is 440 g/mol. The lowest BCUT2D eigenvalue weighted by Crippen LogP contribution is -2.47. The van der Waals surface area contributed by atoms with Crippen molar-refractivity contribution >= 4 is 22.8 Å². The van der Waals surface area contributed by atoms with Crippen LogP contribution in [-0.4, -0.2) is 52.6 Å². The van der Waals surface area contributed by atoms with Crippen molar-refractivity contribution in [2.45, 2.75) is 20.8 Å². The third-order valence-electron chi connectivity index (χ3n) is 5.68. The van der Waals surface area contributed by atoms with E-state index in [0.717, 1.165) is 29.2 Å². The number of fused-ring (bicyclic) bond motifs is 1. The molecule has 0 radical (unpaired) electrons. The van der Waals surface area contributed by atoms with E-state index >= 15 is 0 Å². The van der Waals surface area contributed by atoms with Gasteiger partial charge in [0.1, 0.15) is 23.6 Å². The van der Waals surface area contributed by atoms with E-state index in [1.54, 1.807) is 16.6 Å². The first kappa shape index (κ1) is 24.2. The maximum atomic E-state index is 12.8. The maximum absolute atomic E-state index is 12.8. The molecule has 1 amide bonds. The predicted octanol–water partition coefficient (Wildman–Crippen LogP) is 4.55. The summed E-state index contributed by atoms with van der Waals surface area (Å²) in [5.74, 6) is 1.78. The van der Waals surface area contributed by atoms with Gasteiger partial charge in [0.05, 0.1) is 5.39 Å². The van der Waals surface area contributed by atoms with Crippen molar-refractivity contribution in [3.8, 4) is 22.6 Å². The highest BCUT2D eigenvalue weighted by Gasteiger charge is 2.28. The Hall–Kier alpha value is -3.91. The zero-order valence-electron chi connectivity index (χ0n) is 20.9. The maximum Gasteiger partial charge on any atom is 0.238 e. The Labute approximate surface area is 205 Å².